The summed E-state index contributed by atoms with van der Waals surface area (Å²) in [6.07, 6.45) is -71.5. The third-order valence-corrected chi connectivity index (χ3v) is 17.2. The van der Waals surface area contributed by atoms with Crippen LogP contribution in [0.25, 0.3) is 0 Å². The SMILES string of the molecule is O=[N+]([O-])c1ccc(N=Nc2ccc(OC[C@H]3O[C@@H]4O[C@H]5[C@H](O)[C@@H](O)[C@@H](O[C@H]6[C@H](O)[C@@H](O)[C@@H](O[C@H]7[C@H](O)[C@@H](O)[C@@H](O[C@H]8[C@H](O)[C@@H](O)[C@@H](O[C@H]9[C@H](O)[C@@H](O)[C@@H](O[C@H]%10[C@H](O)[C@@H](O)[C@@H](O[C@H]3[C@H](O)[C@H]4O)O[C@@H]%10CO)O[C@@H]9CO)O[C@@H]8CO)O[C@@H]7CO)O[C@@H]6CO)O[C@@H]5CO)cc2)cc1. The smallest absolute Gasteiger partial charge is 0.269 e. The Labute approximate surface area is 529 Å². The van der Waals surface area contributed by atoms with Crippen molar-refractivity contribution in [3.05, 3.63) is 58.6 Å². The Morgan fingerprint density at radius 3 is 0.723 bits per heavy atom. The molecule has 0 radical (unpaired) electrons. The minimum atomic E-state index is -2.26. The predicted molar refractivity (Wildman–Crippen MR) is 291 cm³/mol. The summed E-state index contributed by atoms with van der Waals surface area (Å²) in [5.41, 5.74) is 0.363. The van der Waals surface area contributed by atoms with Crippen molar-refractivity contribution in [2.24, 2.45) is 10.2 Å². The van der Waals surface area contributed by atoms with Crippen molar-refractivity contribution in [2.75, 3.05) is 46.2 Å². The van der Waals surface area contributed by atoms with Crippen LogP contribution in [0.3, 0.4) is 0 Å². The first kappa shape index (κ1) is 72.6. The molecule has 0 aromatic heterocycles. The van der Waals surface area contributed by atoms with Crippen molar-refractivity contribution in [2.45, 2.75) is 215 Å². The molecule has 0 aliphatic carbocycles. The minimum Gasteiger partial charge on any atom is -0.491 e. The molecule has 23 rings (SSSR count). The number of ether oxygens (including phenoxy) is 15. The second-order valence-electron chi connectivity index (χ2n) is 23.2. The van der Waals surface area contributed by atoms with E-state index in [0.29, 0.717) is 0 Å². The summed E-state index contributed by atoms with van der Waals surface area (Å²) in [5, 5.41) is 244. The molecule has 2 aromatic rings. The van der Waals surface area contributed by atoms with Crippen molar-refractivity contribution in [1.82, 2.24) is 0 Å². The van der Waals surface area contributed by atoms with Crippen LogP contribution in [-0.2, 0) is 66.3 Å². The van der Waals surface area contributed by atoms with Gasteiger partial charge < -0.3 is 173 Å². The monoisotopic (exact) mass is 1360 g/mol. The van der Waals surface area contributed by atoms with Crippen LogP contribution >= 0.6 is 0 Å². The van der Waals surface area contributed by atoms with Crippen molar-refractivity contribution < 1.29 is 178 Å². The van der Waals surface area contributed by atoms with Crippen LogP contribution in [0.2, 0.25) is 0 Å². The predicted octanol–water partition coefficient (Wildman–Crippen LogP) is -10.8. The van der Waals surface area contributed by atoms with Crippen LogP contribution in [0.5, 0.6) is 5.75 Å². The molecule has 40 nitrogen and oxygen atoms in total. The molecule has 530 valence electrons. The summed E-state index contributed by atoms with van der Waals surface area (Å²) < 4.78 is 87.4. The number of aliphatic hydroxyl groups excluding tert-OH is 20. The summed E-state index contributed by atoms with van der Waals surface area (Å²) in [4.78, 5) is 10.5. The molecule has 14 bridgehead atoms. The number of aliphatic hydroxyl groups is 20. The summed E-state index contributed by atoms with van der Waals surface area (Å²) >= 11 is 0. The third-order valence-electron chi connectivity index (χ3n) is 17.2. The van der Waals surface area contributed by atoms with Gasteiger partial charge in [0, 0.05) is 12.1 Å². The maximum absolute atomic E-state index is 11.9. The van der Waals surface area contributed by atoms with E-state index in [1.807, 2.05) is 0 Å². The Kier molecular flexibility index (Phi) is 24.2. The van der Waals surface area contributed by atoms with Crippen LogP contribution < -0.4 is 4.74 Å². The van der Waals surface area contributed by atoms with Crippen LogP contribution in [-0.4, -0.2) is 368 Å². The van der Waals surface area contributed by atoms with E-state index in [-0.39, 0.29) is 22.8 Å². The average Bonchev–Trinajstić information content (AvgIpc) is 0.791. The fourth-order valence-electron chi connectivity index (χ4n) is 11.9. The lowest BCUT2D eigenvalue weighted by molar-refractivity contribution is -0.396. The molecular weight excluding hydrogens is 1280 g/mol. The highest BCUT2D eigenvalue weighted by molar-refractivity contribution is 5.45. The van der Waals surface area contributed by atoms with Gasteiger partial charge in [-0.05, 0) is 36.4 Å². The van der Waals surface area contributed by atoms with Gasteiger partial charge >= 0.3 is 0 Å². The van der Waals surface area contributed by atoms with E-state index in [2.05, 4.69) is 10.2 Å². The standard InChI is InChI=1S/C54H77N3O37/c58-9-20-41-28(65)35(72)49(82-20)90-43-22(11-60)84-51(37(74)30(43)67)92-45-24(13-62)86-53(39(76)32(45)69)94-47-26(15-80-19-7-3-17(4-8-19)56-55-16-1-5-18(6-2-16)57(78)79)87-54(40(77)33(47)70)93-46-25(14-63)85-52(38(75)31(46)68)91-44-23(12-61)83-50(36(73)29(44)66)89-42-21(10-59)81-48(88-41)34(71)27(42)64/h1-8,20-54,58-77H,9-15H2/t20-,21-,22-,23-,24-,25-,26-,27-,28-,29-,30-,31-,32-,33-,34-,35-,36-,37-,38-,39-,40-,41-,42-,43-,44-,45-,46-,47-,48-,49-,50-,51-,52-,53-,54-/m1/s1. The zero-order valence-corrected chi connectivity index (χ0v) is 49.0. The molecule has 0 unspecified atom stereocenters. The first-order valence-electron chi connectivity index (χ1n) is 29.7. The highest BCUT2D eigenvalue weighted by Crippen LogP contribution is 2.40. The Morgan fingerprint density at radius 1 is 0.309 bits per heavy atom. The number of nitrogens with zero attached hydrogens (tertiary/aromatic N) is 3. The lowest BCUT2D eigenvalue weighted by Gasteiger charge is -2.50. The van der Waals surface area contributed by atoms with Crippen LogP contribution in [0.4, 0.5) is 17.1 Å². The Bertz CT molecular complexity index is 2740. The Morgan fingerprint density at radius 2 is 0.511 bits per heavy atom. The number of azo groups is 1. The minimum absolute atomic E-state index is 0.0734. The molecule has 21 aliphatic rings. The largest absolute Gasteiger partial charge is 0.491 e. The van der Waals surface area contributed by atoms with E-state index < -0.39 is 266 Å². The third kappa shape index (κ3) is 15.1. The van der Waals surface area contributed by atoms with Gasteiger partial charge in [-0.2, -0.15) is 10.2 Å². The number of rotatable bonds is 12. The van der Waals surface area contributed by atoms with Gasteiger partial charge in [0.15, 0.2) is 44.0 Å². The average molecular weight is 1360 g/mol. The highest BCUT2D eigenvalue weighted by atomic mass is 16.8. The van der Waals surface area contributed by atoms with E-state index in [1.54, 1.807) is 0 Å². The first-order valence-corrected chi connectivity index (χ1v) is 29.7. The van der Waals surface area contributed by atoms with Crippen molar-refractivity contribution in [1.29, 1.82) is 0 Å². The maximum Gasteiger partial charge on any atom is 0.269 e. The zero-order chi connectivity index (χ0) is 67.7. The molecule has 40 heteroatoms. The topological polar surface area (TPSA) is 611 Å². The number of nitro benzene ring substituents is 1. The van der Waals surface area contributed by atoms with Gasteiger partial charge in [-0.1, -0.05) is 0 Å². The maximum atomic E-state index is 11.9. The molecule has 21 saturated heterocycles. The number of non-ortho nitro benzene ring substituents is 1. The van der Waals surface area contributed by atoms with Crippen LogP contribution in [0.1, 0.15) is 0 Å². The molecule has 0 saturated carbocycles. The van der Waals surface area contributed by atoms with Crippen molar-refractivity contribution in [3.8, 4) is 5.75 Å². The number of nitro groups is 1. The van der Waals surface area contributed by atoms with E-state index in [4.69, 9.17) is 71.1 Å². The molecule has 21 fully saturated rings. The van der Waals surface area contributed by atoms with Gasteiger partial charge in [0.1, 0.15) is 183 Å². The second-order valence-corrected chi connectivity index (χ2v) is 23.2. The van der Waals surface area contributed by atoms with Crippen molar-refractivity contribution in [3.63, 3.8) is 0 Å². The Balaban J connectivity index is 0.934. The highest BCUT2D eigenvalue weighted by Gasteiger charge is 2.60. The van der Waals surface area contributed by atoms with Gasteiger partial charge in [0.25, 0.3) is 5.69 Å². The second kappa shape index (κ2) is 31.4. The normalized spacial score (nSPS) is 47.4. The number of hydrogen-bond donors (Lipinski definition) is 20. The molecule has 20 N–H and O–H groups in total. The molecule has 94 heavy (non-hydrogen) atoms. The lowest BCUT2D eigenvalue weighted by atomic mass is 9.95. The van der Waals surface area contributed by atoms with E-state index in [1.165, 1.54) is 48.5 Å². The zero-order valence-electron chi connectivity index (χ0n) is 49.0. The molecule has 35 atom stereocenters. The summed E-state index contributed by atoms with van der Waals surface area (Å²) in [5.74, 6) is 0.0734. The van der Waals surface area contributed by atoms with Gasteiger partial charge in [-0.25, -0.2) is 0 Å². The molecule has 0 spiro atoms. The van der Waals surface area contributed by atoms with Crippen LogP contribution in [0, 0.1) is 10.1 Å². The summed E-state index contributed by atoms with van der Waals surface area (Å²) in [6.45, 7) is -7.12. The number of hydrogen-bond acceptors (Lipinski definition) is 39. The molecule has 0 amide bonds. The van der Waals surface area contributed by atoms with E-state index >= 15 is 0 Å². The Hall–Kier alpha value is -4.12. The quantitative estimate of drug-likeness (QED) is 0.0533. The van der Waals surface area contributed by atoms with E-state index in [9.17, 15) is 112 Å². The molecule has 21 aliphatic heterocycles. The van der Waals surface area contributed by atoms with Gasteiger partial charge in [-0.3, -0.25) is 10.1 Å². The first-order chi connectivity index (χ1) is 44.9. The molecule has 2 aromatic carbocycles. The van der Waals surface area contributed by atoms with Gasteiger partial charge in [-0.15, -0.1) is 0 Å². The summed E-state index contributed by atoms with van der Waals surface area (Å²) in [7, 11) is 0. The number of benzene rings is 2. The fraction of sp³-hybridized carbons (Fsp3) is 0.778. The molecular formula is C54H77N3O37. The fourth-order valence-corrected chi connectivity index (χ4v) is 11.9. The van der Waals surface area contributed by atoms with Crippen LogP contribution in [0.15, 0.2) is 58.8 Å². The van der Waals surface area contributed by atoms with Gasteiger partial charge in [0.2, 0.25) is 0 Å². The lowest BCUT2D eigenvalue weighted by Crippen LogP contribution is -2.68. The van der Waals surface area contributed by atoms with Gasteiger partial charge in [0.05, 0.1) is 55.9 Å². The van der Waals surface area contributed by atoms with Crippen molar-refractivity contribution >= 4 is 17.1 Å². The summed E-state index contributed by atoms with van der Waals surface area (Å²) in [6, 6.07) is 10.9. The van der Waals surface area contributed by atoms with E-state index in [0.717, 1.165) is 0 Å². The molecule has 21 heterocycles.